The molecule has 0 aromatic rings. The molecule has 0 fully saturated rings. The van der Waals surface area contributed by atoms with E-state index in [0.717, 1.165) is 0 Å². The van der Waals surface area contributed by atoms with Crippen LogP contribution < -0.4 is 9.41 Å². The Morgan fingerprint density at radius 2 is 1.00 bits per heavy atom. The van der Waals surface area contributed by atoms with Gasteiger partial charge in [-0.15, -0.1) is 0 Å². The van der Waals surface area contributed by atoms with Crippen LogP contribution in [-0.4, -0.2) is 33.5 Å². The van der Waals surface area contributed by atoms with Crippen LogP contribution in [0.25, 0.3) is 0 Å². The predicted molar refractivity (Wildman–Crippen MR) is 24.3 cm³/mol. The molecule has 6 nitrogen and oxygen atoms in total. The Hall–Kier alpha value is -0.381. The number of hydrogen-bond donors (Lipinski definition) is 1. The summed E-state index contributed by atoms with van der Waals surface area (Å²) in [7, 11) is 0. The molecule has 0 rings (SSSR count). The van der Waals surface area contributed by atoms with Gasteiger partial charge in [-0.05, 0) is 0 Å². The van der Waals surface area contributed by atoms with Gasteiger partial charge in [-0.2, -0.15) is 0 Å². The molecule has 0 amide bonds. The van der Waals surface area contributed by atoms with Crippen molar-refractivity contribution in [1.82, 2.24) is 0 Å². The zero-order chi connectivity index (χ0) is 4.71. The maximum atomic E-state index is 9.06. The Bertz CT molecular complexity index is 25.3. The van der Waals surface area contributed by atoms with E-state index in [4.69, 9.17) is 13.5 Å². The van der Waals surface area contributed by atoms with E-state index in [1.807, 2.05) is 0 Å². The van der Waals surface area contributed by atoms with E-state index in [9.17, 15) is 0 Å². The summed E-state index contributed by atoms with van der Waals surface area (Å²) in [4.78, 5) is 8.36. The standard InChI is InChI=1S/CH2O2.Cu.3FH.4H2O/c2-1-3;;;;;;;;/h1H,(H,2,3);;3*1H;4*1H2/q;+1;;;;;;;/p-3. The molecule has 0 spiro atoms. The summed E-state index contributed by atoms with van der Waals surface area (Å²) in [5, 5.41) is 6.89. The first kappa shape index (κ1) is 143. The number of carbonyl (C=O) groups is 1. The summed E-state index contributed by atoms with van der Waals surface area (Å²) in [5.74, 6) is 0. The van der Waals surface area contributed by atoms with Gasteiger partial charge in [0.25, 0.3) is 6.47 Å². The van der Waals surface area contributed by atoms with Crippen molar-refractivity contribution in [3.05, 3.63) is 0 Å². The van der Waals surface area contributed by atoms with E-state index < -0.39 is 0 Å². The number of rotatable bonds is 0. The molecule has 0 aliphatic rings. The number of halogens is 3. The second-order valence-corrected chi connectivity index (χ2v) is 0.105. The average Bonchev–Trinajstić information content (AvgIpc) is 1.46. The molecule has 0 aliphatic carbocycles. The van der Waals surface area contributed by atoms with E-state index in [0.29, 0.717) is 0 Å². The van der Waals surface area contributed by atoms with Crippen molar-refractivity contribution in [2.75, 3.05) is 0 Å². The second kappa shape index (κ2) is 1860. The van der Waals surface area contributed by atoms with E-state index in [1.54, 1.807) is 0 Å². The van der Waals surface area contributed by atoms with Crippen LogP contribution in [0.1, 0.15) is 0 Å². The Balaban J connectivity index is -0.00000000181. The average molecular weight is 239 g/mol. The molecule has 84 valence electrons. The van der Waals surface area contributed by atoms with Crippen molar-refractivity contribution in [1.29, 1.82) is 0 Å². The first-order valence-corrected chi connectivity index (χ1v) is 0.964. The van der Waals surface area contributed by atoms with Crippen molar-refractivity contribution in [3.63, 3.8) is 0 Å². The van der Waals surface area contributed by atoms with Gasteiger partial charge in [-0.1, -0.05) is 0 Å². The topological polar surface area (TPSA) is 163 Å². The second-order valence-electron chi connectivity index (χ2n) is 0.105. The summed E-state index contributed by atoms with van der Waals surface area (Å²) in [6.07, 6.45) is 0. The monoisotopic (exact) mass is 238 g/mol. The Labute approximate surface area is 68.6 Å². The first-order chi connectivity index (χ1) is 2.41. The third kappa shape index (κ3) is 3860. The Morgan fingerprint density at radius 1 is 1.00 bits per heavy atom. The molecule has 0 unspecified atom stereocenters. The van der Waals surface area contributed by atoms with Gasteiger partial charge in [-0.3, -0.25) is 4.79 Å². The number of hydrogen-bond acceptors (Lipinski definition) is 1. The van der Waals surface area contributed by atoms with Gasteiger partial charge >= 0.3 is 20.0 Å². The van der Waals surface area contributed by atoms with Gasteiger partial charge in [0.2, 0.25) is 0 Å². The van der Waals surface area contributed by atoms with E-state index in [1.165, 1.54) is 0 Å². The van der Waals surface area contributed by atoms with Crippen LogP contribution in [0, 0.1) is 0 Å². The molecular weight excluding hydrogens is 229 g/mol. The van der Waals surface area contributed by atoms with Gasteiger partial charge in [0.1, 0.15) is 0 Å². The van der Waals surface area contributed by atoms with Gasteiger partial charge in [0.05, 0.1) is 0 Å². The molecule has 0 aliphatic heterocycles. The summed E-state index contributed by atoms with van der Waals surface area (Å²) in [6.45, 7) is -0.250. The van der Waals surface area contributed by atoms with Crippen molar-refractivity contribution in [2.24, 2.45) is 0 Å². The zero-order valence-corrected chi connectivity index (χ0v) is 5.81. The van der Waals surface area contributed by atoms with Crippen LogP contribution in [-0.2, 0) is 21.3 Å². The van der Waals surface area contributed by atoms with Crippen molar-refractivity contribution in [2.45, 2.75) is 0 Å². The molecule has 0 aromatic carbocycles. The fraction of sp³-hybridized carbons (Fsp3) is 0. The van der Waals surface area contributed by atoms with Crippen LogP contribution >= 0.6 is 0 Å². The molecule has 10 heteroatoms. The summed E-state index contributed by atoms with van der Waals surface area (Å²) >= 11 is 2.69. The van der Waals surface area contributed by atoms with Crippen molar-refractivity contribution < 1.29 is 61.2 Å². The van der Waals surface area contributed by atoms with E-state index in [2.05, 4.69) is 16.5 Å². The molecule has 0 saturated carbocycles. The SMILES string of the molecule is O.O.O.O.O=CO.[F-].[F-].[F][Cu]. The van der Waals surface area contributed by atoms with Gasteiger partial charge in [0, 0.05) is 0 Å². The van der Waals surface area contributed by atoms with Crippen molar-refractivity contribution in [3.8, 4) is 0 Å². The third-order valence-corrected chi connectivity index (χ3v) is 0. The zero-order valence-electron chi connectivity index (χ0n) is 4.87. The van der Waals surface area contributed by atoms with Crippen LogP contribution in [0.3, 0.4) is 0 Å². The minimum atomic E-state index is -0.250. The number of carboxylic acid groups (broad SMARTS) is 1. The minimum absolute atomic E-state index is 0. The fourth-order valence-electron chi connectivity index (χ4n) is 0. The molecule has 11 heavy (non-hydrogen) atoms. The molecule has 0 atom stereocenters. The van der Waals surface area contributed by atoms with Crippen LogP contribution in [0.2, 0.25) is 0 Å². The molecule has 0 radical (unpaired) electrons. The fourth-order valence-corrected chi connectivity index (χ4v) is 0. The summed E-state index contributed by atoms with van der Waals surface area (Å²) in [5.41, 5.74) is 0. The first-order valence-electron chi connectivity index (χ1n) is 0.608. The summed E-state index contributed by atoms with van der Waals surface area (Å²) in [6, 6.07) is 0. The Morgan fingerprint density at radius 3 is 1.00 bits per heavy atom. The Kier molecular flexibility index (Phi) is 24200. The third-order valence-electron chi connectivity index (χ3n) is 0. The van der Waals surface area contributed by atoms with E-state index in [-0.39, 0.29) is 37.8 Å². The van der Waals surface area contributed by atoms with Crippen LogP contribution in [0.15, 0.2) is 0 Å². The molecule has 0 bridgehead atoms. The van der Waals surface area contributed by atoms with Gasteiger partial charge in [0.15, 0.2) is 0 Å². The van der Waals surface area contributed by atoms with Crippen LogP contribution in [0.5, 0.6) is 0 Å². The van der Waals surface area contributed by atoms with Gasteiger partial charge < -0.3 is 36.4 Å². The molecule has 0 aromatic heterocycles. The maximum absolute atomic E-state index is 9.06. The normalized spacial score (nSPS) is 1.73. The molecular formula is CH10CuF3O6-2. The molecule has 0 heterocycles. The molecule has 0 saturated heterocycles. The molecule has 9 N–H and O–H groups in total. The van der Waals surface area contributed by atoms with Crippen LogP contribution in [0.4, 0.5) is 3.55 Å². The van der Waals surface area contributed by atoms with Crippen molar-refractivity contribution >= 4 is 6.47 Å². The predicted octanol–water partition coefficient (Wildman–Crippen LogP) is -9.17. The van der Waals surface area contributed by atoms with Gasteiger partial charge in [-0.25, -0.2) is 0 Å². The van der Waals surface area contributed by atoms with E-state index >= 15 is 0 Å². The summed E-state index contributed by atoms with van der Waals surface area (Å²) < 4.78 is 9.06. The quantitative estimate of drug-likeness (QED) is 0.327.